The molecule has 3 heteroatoms. The molecule has 4 rings (SSSR count). The molecular weight excluding hydrogens is 192 g/mol. The Bertz CT molecular complexity index is 327. The maximum atomic E-state index is 11.0. The molecule has 0 spiro atoms. The van der Waals surface area contributed by atoms with Gasteiger partial charge in [-0.3, -0.25) is 4.79 Å². The highest BCUT2D eigenvalue weighted by Gasteiger charge is 2.67. The van der Waals surface area contributed by atoms with Gasteiger partial charge in [0.05, 0.1) is 12.2 Å². The fourth-order valence-corrected chi connectivity index (χ4v) is 4.60. The SMILES string of the molecule is CC(=O)O[C@@H]1C[C@H]2C[C@H]1[C@@H]1[C@@H]2C[C@H]2O[C@H]12. The molecule has 82 valence electrons. The molecule has 0 aromatic carbocycles. The highest BCUT2D eigenvalue weighted by molar-refractivity contribution is 5.66. The summed E-state index contributed by atoms with van der Waals surface area (Å²) < 4.78 is 11.1. The van der Waals surface area contributed by atoms with Gasteiger partial charge in [-0.1, -0.05) is 0 Å². The number of rotatable bonds is 1. The van der Waals surface area contributed by atoms with Crippen LogP contribution in [0.4, 0.5) is 0 Å². The number of esters is 1. The molecule has 1 aliphatic heterocycles. The molecule has 0 aromatic rings. The van der Waals surface area contributed by atoms with Crippen molar-refractivity contribution in [1.82, 2.24) is 0 Å². The molecule has 3 nitrogen and oxygen atoms in total. The van der Waals surface area contributed by atoms with Crippen LogP contribution in [-0.2, 0) is 14.3 Å². The second-order valence-electron chi connectivity index (χ2n) is 5.66. The van der Waals surface area contributed by atoms with Crippen LogP contribution in [0, 0.1) is 23.7 Å². The van der Waals surface area contributed by atoms with Crippen LogP contribution in [0.25, 0.3) is 0 Å². The first-order valence-electron chi connectivity index (χ1n) is 6.06. The molecule has 0 N–H and O–H groups in total. The van der Waals surface area contributed by atoms with Crippen molar-refractivity contribution >= 4 is 5.97 Å². The number of fused-ring (bicyclic) bond motifs is 7. The molecular formula is C12H16O3. The standard InChI is InChI=1S/C12H16O3/c1-5(13)14-9-3-6-2-8(9)11-7(6)4-10-12(11)15-10/h6-12H,2-4H2,1H3/t6-,7-,8-,9-,10-,11+,12+/m1/s1. The summed E-state index contributed by atoms with van der Waals surface area (Å²) in [6.07, 6.45) is 4.98. The molecule has 15 heavy (non-hydrogen) atoms. The summed E-state index contributed by atoms with van der Waals surface area (Å²) in [5.41, 5.74) is 0. The lowest BCUT2D eigenvalue weighted by Gasteiger charge is -2.31. The van der Waals surface area contributed by atoms with E-state index in [1.165, 1.54) is 19.8 Å². The fourth-order valence-electron chi connectivity index (χ4n) is 4.60. The molecule has 3 saturated carbocycles. The Morgan fingerprint density at radius 3 is 2.93 bits per heavy atom. The highest BCUT2D eigenvalue weighted by atomic mass is 16.6. The van der Waals surface area contributed by atoms with Crippen LogP contribution in [0.2, 0.25) is 0 Å². The smallest absolute Gasteiger partial charge is 0.302 e. The summed E-state index contributed by atoms with van der Waals surface area (Å²) in [5.74, 6) is 2.93. The maximum Gasteiger partial charge on any atom is 0.302 e. The molecule has 0 unspecified atom stereocenters. The average Bonchev–Trinajstić information content (AvgIpc) is 2.58. The van der Waals surface area contributed by atoms with Crippen molar-refractivity contribution in [1.29, 1.82) is 0 Å². The Kier molecular flexibility index (Phi) is 1.47. The molecule has 3 aliphatic carbocycles. The summed E-state index contributed by atoms with van der Waals surface area (Å²) in [5, 5.41) is 0. The van der Waals surface area contributed by atoms with Gasteiger partial charge in [0.15, 0.2) is 0 Å². The largest absolute Gasteiger partial charge is 0.462 e. The van der Waals surface area contributed by atoms with E-state index in [1.807, 2.05) is 0 Å². The summed E-state index contributed by atoms with van der Waals surface area (Å²) >= 11 is 0. The zero-order chi connectivity index (χ0) is 10.2. The topological polar surface area (TPSA) is 38.8 Å². The summed E-state index contributed by atoms with van der Waals surface area (Å²) in [4.78, 5) is 11.0. The van der Waals surface area contributed by atoms with Crippen molar-refractivity contribution < 1.29 is 14.3 Å². The van der Waals surface area contributed by atoms with E-state index in [1.54, 1.807) is 0 Å². The predicted molar refractivity (Wildman–Crippen MR) is 52.0 cm³/mol. The fraction of sp³-hybridized carbons (Fsp3) is 0.917. The minimum Gasteiger partial charge on any atom is -0.462 e. The van der Waals surface area contributed by atoms with Crippen LogP contribution in [0.1, 0.15) is 26.2 Å². The van der Waals surface area contributed by atoms with Crippen molar-refractivity contribution in [2.45, 2.75) is 44.5 Å². The van der Waals surface area contributed by atoms with Crippen molar-refractivity contribution in [3.8, 4) is 0 Å². The van der Waals surface area contributed by atoms with Crippen LogP contribution < -0.4 is 0 Å². The number of hydrogen-bond acceptors (Lipinski definition) is 3. The van der Waals surface area contributed by atoms with E-state index in [0.717, 1.165) is 24.2 Å². The van der Waals surface area contributed by atoms with Gasteiger partial charge in [-0.15, -0.1) is 0 Å². The Morgan fingerprint density at radius 1 is 1.27 bits per heavy atom. The maximum absolute atomic E-state index is 11.0. The van der Waals surface area contributed by atoms with Crippen LogP contribution >= 0.6 is 0 Å². The summed E-state index contributed by atoms with van der Waals surface area (Å²) in [6.45, 7) is 1.52. The molecule has 2 bridgehead atoms. The summed E-state index contributed by atoms with van der Waals surface area (Å²) in [7, 11) is 0. The Morgan fingerprint density at radius 2 is 2.13 bits per heavy atom. The molecule has 0 amide bonds. The van der Waals surface area contributed by atoms with Gasteiger partial charge in [0, 0.05) is 12.8 Å². The van der Waals surface area contributed by atoms with Crippen LogP contribution in [0.3, 0.4) is 0 Å². The van der Waals surface area contributed by atoms with E-state index in [9.17, 15) is 4.79 Å². The van der Waals surface area contributed by atoms with Crippen LogP contribution in [0.5, 0.6) is 0 Å². The van der Waals surface area contributed by atoms with E-state index in [4.69, 9.17) is 9.47 Å². The number of ether oxygens (including phenoxy) is 2. The minimum atomic E-state index is -0.115. The molecule has 0 radical (unpaired) electrons. The van der Waals surface area contributed by atoms with Gasteiger partial charge in [-0.2, -0.15) is 0 Å². The lowest BCUT2D eigenvalue weighted by atomic mass is 9.79. The third kappa shape index (κ3) is 1.02. The van der Waals surface area contributed by atoms with Gasteiger partial charge in [0.2, 0.25) is 0 Å². The van der Waals surface area contributed by atoms with Crippen molar-refractivity contribution in [3.05, 3.63) is 0 Å². The molecule has 4 fully saturated rings. The monoisotopic (exact) mass is 208 g/mol. The Labute approximate surface area is 89.1 Å². The molecule has 4 aliphatic rings. The third-order valence-corrected chi connectivity index (χ3v) is 5.00. The van der Waals surface area contributed by atoms with Crippen LogP contribution in [0.15, 0.2) is 0 Å². The highest BCUT2D eigenvalue weighted by Crippen LogP contribution is 2.64. The first-order valence-corrected chi connectivity index (χ1v) is 6.06. The van der Waals surface area contributed by atoms with Gasteiger partial charge >= 0.3 is 5.97 Å². The predicted octanol–water partition coefficient (Wildman–Crippen LogP) is 1.36. The molecule has 7 atom stereocenters. The van der Waals surface area contributed by atoms with E-state index in [2.05, 4.69) is 0 Å². The average molecular weight is 208 g/mol. The van der Waals surface area contributed by atoms with Gasteiger partial charge in [-0.25, -0.2) is 0 Å². The van der Waals surface area contributed by atoms with Crippen LogP contribution in [-0.4, -0.2) is 24.3 Å². The summed E-state index contributed by atoms with van der Waals surface area (Å²) in [6, 6.07) is 0. The second-order valence-corrected chi connectivity index (χ2v) is 5.66. The van der Waals surface area contributed by atoms with E-state index in [-0.39, 0.29) is 12.1 Å². The van der Waals surface area contributed by atoms with Crippen molar-refractivity contribution in [2.75, 3.05) is 0 Å². The van der Waals surface area contributed by atoms with Gasteiger partial charge < -0.3 is 9.47 Å². The number of carbonyl (C=O) groups excluding carboxylic acids is 1. The minimum absolute atomic E-state index is 0.115. The van der Waals surface area contributed by atoms with Crippen molar-refractivity contribution in [3.63, 3.8) is 0 Å². The lowest BCUT2D eigenvalue weighted by Crippen LogP contribution is -2.34. The zero-order valence-corrected chi connectivity index (χ0v) is 8.89. The molecule has 1 heterocycles. The van der Waals surface area contributed by atoms with Gasteiger partial charge in [0.25, 0.3) is 0 Å². The quantitative estimate of drug-likeness (QED) is 0.482. The first kappa shape index (κ1) is 8.57. The molecule has 0 aromatic heterocycles. The zero-order valence-electron chi connectivity index (χ0n) is 8.89. The van der Waals surface area contributed by atoms with E-state index >= 15 is 0 Å². The van der Waals surface area contributed by atoms with Gasteiger partial charge in [0.1, 0.15) is 6.10 Å². The van der Waals surface area contributed by atoms with E-state index < -0.39 is 0 Å². The third-order valence-electron chi connectivity index (χ3n) is 5.00. The lowest BCUT2D eigenvalue weighted by molar-refractivity contribution is -0.150. The van der Waals surface area contributed by atoms with Crippen molar-refractivity contribution in [2.24, 2.45) is 23.7 Å². The van der Waals surface area contributed by atoms with E-state index in [0.29, 0.717) is 18.1 Å². The van der Waals surface area contributed by atoms with Gasteiger partial charge in [-0.05, 0) is 37.0 Å². The Balaban J connectivity index is 1.57. The second kappa shape index (κ2) is 2.57. The number of hydrogen-bond donors (Lipinski definition) is 0. The normalized spacial score (nSPS) is 58.9. The first-order chi connectivity index (χ1) is 7.24. The Hall–Kier alpha value is -0.570. The number of carbonyl (C=O) groups is 1. The molecule has 1 saturated heterocycles. The number of epoxide rings is 1.